The van der Waals surface area contributed by atoms with Crippen molar-refractivity contribution in [3.63, 3.8) is 0 Å². The Bertz CT molecular complexity index is 2590. The van der Waals surface area contributed by atoms with E-state index in [4.69, 9.17) is 0 Å². The average Bonchev–Trinajstić information content (AvgIpc) is 3.64. The van der Waals surface area contributed by atoms with E-state index >= 15 is 0 Å². The van der Waals surface area contributed by atoms with Crippen molar-refractivity contribution in [3.05, 3.63) is 141 Å². The third-order valence-electron chi connectivity index (χ3n) is 9.64. The van der Waals surface area contributed by atoms with E-state index in [1.807, 2.05) is 0 Å². The van der Waals surface area contributed by atoms with Crippen LogP contribution in [0.4, 0.5) is 52.7 Å². The molecule has 0 aromatic heterocycles. The topological polar surface area (TPSA) is 95.2 Å². The lowest BCUT2D eigenvalue weighted by Gasteiger charge is -2.15. The molecule has 0 saturated carbocycles. The molecule has 0 radical (unpaired) electrons. The quantitative estimate of drug-likeness (QED) is 0.128. The van der Waals surface area contributed by atoms with Gasteiger partial charge < -0.3 is 0 Å². The summed E-state index contributed by atoms with van der Waals surface area (Å²) in [6.07, 6.45) is -20.6. The minimum atomic E-state index is -5.16. The van der Waals surface area contributed by atoms with E-state index < -0.39 is 69.2 Å². The summed E-state index contributed by atoms with van der Waals surface area (Å²) >= 11 is 0. The van der Waals surface area contributed by atoms with Gasteiger partial charge >= 0.3 is 24.7 Å². The summed E-state index contributed by atoms with van der Waals surface area (Å²) in [6, 6.07) is 19.5. The first-order valence-electron chi connectivity index (χ1n) is 16.3. The SMILES string of the molecule is N#CC(C#N)=C1c2cc(-c3cc(C(F)(F)F)cc(C(F)(F)F)c3)ccc2-c2cc3c(cc21)C(=C(C#N)C#N)c1cc(-c2cc(C(F)(F)F)cc(C(F)(F)F)c2)ccc1-3. The average molecular weight is 803 g/mol. The first-order chi connectivity index (χ1) is 27.1. The van der Waals surface area contributed by atoms with Crippen LogP contribution in [0.2, 0.25) is 0 Å². The Kier molecular flexibility index (Phi) is 8.83. The molecule has 0 heterocycles. The van der Waals surface area contributed by atoms with Crippen LogP contribution in [-0.2, 0) is 24.7 Å². The highest BCUT2D eigenvalue weighted by Gasteiger charge is 2.40. The molecule has 0 saturated heterocycles. The number of rotatable bonds is 2. The fourth-order valence-electron chi connectivity index (χ4n) is 7.14. The fraction of sp³-hybridized carbons (Fsp3) is 0.0952. The Morgan fingerprint density at radius 2 is 0.586 bits per heavy atom. The number of nitriles is 4. The molecule has 16 heteroatoms. The monoisotopic (exact) mass is 802 g/mol. The number of alkyl halides is 12. The molecule has 58 heavy (non-hydrogen) atoms. The maximum atomic E-state index is 13.7. The predicted molar refractivity (Wildman–Crippen MR) is 183 cm³/mol. The number of nitrogens with zero attached hydrogens (tertiary/aromatic N) is 4. The largest absolute Gasteiger partial charge is 0.416 e. The van der Waals surface area contributed by atoms with Gasteiger partial charge in [0.15, 0.2) is 0 Å². The Labute approximate surface area is 318 Å². The van der Waals surface area contributed by atoms with Crippen molar-refractivity contribution >= 4 is 11.1 Å². The summed E-state index contributed by atoms with van der Waals surface area (Å²) in [5, 5.41) is 40.0. The molecule has 2 aliphatic carbocycles. The summed E-state index contributed by atoms with van der Waals surface area (Å²) < 4.78 is 165. The number of halogens is 12. The van der Waals surface area contributed by atoms with Gasteiger partial charge in [0.25, 0.3) is 0 Å². The Morgan fingerprint density at radius 1 is 0.310 bits per heavy atom. The predicted octanol–water partition coefficient (Wildman–Crippen LogP) is 12.8. The van der Waals surface area contributed by atoms with Crippen LogP contribution in [0, 0.1) is 45.3 Å². The summed E-state index contributed by atoms with van der Waals surface area (Å²) in [5.74, 6) is 0. The highest BCUT2D eigenvalue weighted by Crippen LogP contribution is 2.55. The van der Waals surface area contributed by atoms with Crippen LogP contribution in [0.15, 0.2) is 96.1 Å². The lowest BCUT2D eigenvalue weighted by molar-refractivity contribution is -0.144. The lowest BCUT2D eigenvalue weighted by Crippen LogP contribution is -2.11. The molecule has 0 unspecified atom stereocenters. The minimum absolute atomic E-state index is 0.0366. The molecule has 2 aliphatic rings. The van der Waals surface area contributed by atoms with E-state index in [0.29, 0.717) is 35.4 Å². The van der Waals surface area contributed by atoms with Crippen molar-refractivity contribution in [2.24, 2.45) is 0 Å². The van der Waals surface area contributed by atoms with Gasteiger partial charge in [-0.25, -0.2) is 0 Å². The first kappa shape index (κ1) is 39.0. The lowest BCUT2D eigenvalue weighted by atomic mass is 9.92. The number of hydrogen-bond donors (Lipinski definition) is 0. The zero-order chi connectivity index (χ0) is 42.3. The third-order valence-corrected chi connectivity index (χ3v) is 9.64. The van der Waals surface area contributed by atoms with Gasteiger partial charge in [-0.1, -0.05) is 24.3 Å². The van der Waals surface area contributed by atoms with Gasteiger partial charge in [0, 0.05) is 11.1 Å². The van der Waals surface area contributed by atoms with E-state index in [0.717, 1.165) is 0 Å². The van der Waals surface area contributed by atoms with E-state index in [-0.39, 0.29) is 67.8 Å². The van der Waals surface area contributed by atoms with E-state index in [9.17, 15) is 73.7 Å². The first-order valence-corrected chi connectivity index (χ1v) is 16.3. The molecule has 0 atom stereocenters. The molecule has 4 nitrogen and oxygen atoms in total. The van der Waals surface area contributed by atoms with E-state index in [2.05, 4.69) is 0 Å². The van der Waals surface area contributed by atoms with Gasteiger partial charge in [-0.05, 0) is 127 Å². The maximum Gasteiger partial charge on any atom is 0.416 e. The molecule has 0 aliphatic heterocycles. The summed E-state index contributed by atoms with van der Waals surface area (Å²) in [4.78, 5) is 0. The van der Waals surface area contributed by atoms with Crippen molar-refractivity contribution < 1.29 is 52.7 Å². The van der Waals surface area contributed by atoms with Crippen LogP contribution >= 0.6 is 0 Å². The Hall–Kier alpha value is -7.30. The molecule has 7 rings (SSSR count). The molecule has 0 N–H and O–H groups in total. The fourth-order valence-corrected chi connectivity index (χ4v) is 7.14. The van der Waals surface area contributed by atoms with Crippen LogP contribution < -0.4 is 0 Å². The Morgan fingerprint density at radius 3 is 0.862 bits per heavy atom. The molecular formula is C42H14F12N4. The van der Waals surface area contributed by atoms with Crippen molar-refractivity contribution in [2.75, 3.05) is 0 Å². The van der Waals surface area contributed by atoms with Gasteiger partial charge in [-0.2, -0.15) is 73.7 Å². The maximum absolute atomic E-state index is 13.7. The summed E-state index contributed by atoms with van der Waals surface area (Å²) in [7, 11) is 0. The number of hydrogen-bond acceptors (Lipinski definition) is 4. The standard InChI is InChI=1S/C42H14F12N4/c43-39(44,45)25-5-21(6-26(11-25)40(46,47)48)19-1-3-29-31-13-32-30-4-2-20(22-7-27(41(49,50)51)12-28(8-22)42(52,53)54)10-34(30)38(24(17-57)18-58)36(32)14-35(31)37(33(29)9-19)23(15-55)16-56/h1-14H. The van der Waals surface area contributed by atoms with Crippen LogP contribution in [0.1, 0.15) is 44.5 Å². The molecule has 5 aromatic carbocycles. The van der Waals surface area contributed by atoms with Gasteiger partial charge in [-0.15, -0.1) is 0 Å². The van der Waals surface area contributed by atoms with Crippen molar-refractivity contribution in [2.45, 2.75) is 24.7 Å². The second-order valence-electron chi connectivity index (χ2n) is 13.0. The highest BCUT2D eigenvalue weighted by molar-refractivity contribution is 6.11. The van der Waals surface area contributed by atoms with Crippen molar-refractivity contribution in [1.29, 1.82) is 21.0 Å². The molecule has 286 valence electrons. The van der Waals surface area contributed by atoms with Gasteiger partial charge in [-0.3, -0.25) is 0 Å². The molecule has 5 aromatic rings. The van der Waals surface area contributed by atoms with Crippen LogP contribution in [-0.4, -0.2) is 0 Å². The minimum Gasteiger partial charge on any atom is -0.192 e. The summed E-state index contributed by atoms with van der Waals surface area (Å²) in [5.41, 5.74) is -7.18. The van der Waals surface area contributed by atoms with Gasteiger partial charge in [0.05, 0.1) is 22.3 Å². The number of allylic oxidation sites excluding steroid dienone is 2. The van der Waals surface area contributed by atoms with E-state index in [1.165, 1.54) is 48.5 Å². The van der Waals surface area contributed by atoms with Crippen LogP contribution in [0.5, 0.6) is 0 Å². The van der Waals surface area contributed by atoms with Crippen molar-refractivity contribution in [1.82, 2.24) is 0 Å². The molecule has 0 fully saturated rings. The second kappa shape index (κ2) is 13.1. The van der Waals surface area contributed by atoms with E-state index in [1.54, 1.807) is 24.3 Å². The molecule has 0 amide bonds. The molecule has 0 bridgehead atoms. The smallest absolute Gasteiger partial charge is 0.192 e. The molecule has 0 spiro atoms. The third kappa shape index (κ3) is 6.49. The zero-order valence-corrected chi connectivity index (χ0v) is 28.4. The normalized spacial score (nSPS) is 13.0. The Balaban J connectivity index is 1.46. The molecular weight excluding hydrogens is 788 g/mol. The van der Waals surface area contributed by atoms with Gasteiger partial charge in [0.1, 0.15) is 35.4 Å². The number of fused-ring (bicyclic) bond motifs is 6. The summed E-state index contributed by atoms with van der Waals surface area (Å²) in [6.45, 7) is 0. The van der Waals surface area contributed by atoms with Crippen LogP contribution in [0.3, 0.4) is 0 Å². The van der Waals surface area contributed by atoms with Crippen molar-refractivity contribution in [3.8, 4) is 68.8 Å². The second-order valence-corrected chi connectivity index (χ2v) is 13.0. The van der Waals surface area contributed by atoms with Gasteiger partial charge in [0.2, 0.25) is 0 Å². The number of benzene rings is 5. The zero-order valence-electron chi connectivity index (χ0n) is 28.4. The van der Waals surface area contributed by atoms with Crippen LogP contribution in [0.25, 0.3) is 55.7 Å². The highest BCUT2D eigenvalue weighted by atomic mass is 19.4.